The molecule has 0 atom stereocenters. The number of amides is 1. The Labute approximate surface area is 125 Å². The SMILES string of the molecule is O=C(Nc1cc(Br)ccc1I)c1ccc(=O)oc1. The third kappa shape index (κ3) is 3.20. The minimum atomic E-state index is -0.483. The Morgan fingerprint density at radius 1 is 1.28 bits per heavy atom. The van der Waals surface area contributed by atoms with Crippen molar-refractivity contribution in [2.45, 2.75) is 0 Å². The first kappa shape index (κ1) is 13.3. The highest BCUT2D eigenvalue weighted by molar-refractivity contribution is 14.1. The van der Waals surface area contributed by atoms with Gasteiger partial charge in [-0.15, -0.1) is 0 Å². The highest BCUT2D eigenvalue weighted by Gasteiger charge is 2.09. The van der Waals surface area contributed by atoms with Gasteiger partial charge in [0.25, 0.3) is 5.91 Å². The first-order chi connectivity index (χ1) is 8.56. The minimum Gasteiger partial charge on any atom is -0.430 e. The van der Waals surface area contributed by atoms with Gasteiger partial charge >= 0.3 is 5.63 Å². The largest absolute Gasteiger partial charge is 0.430 e. The van der Waals surface area contributed by atoms with E-state index >= 15 is 0 Å². The van der Waals surface area contributed by atoms with Crippen LogP contribution in [0.5, 0.6) is 0 Å². The average Bonchev–Trinajstić information content (AvgIpc) is 2.34. The number of carbonyl (C=O) groups excluding carboxylic acids is 1. The summed E-state index contributed by atoms with van der Waals surface area (Å²) in [7, 11) is 0. The Balaban J connectivity index is 2.23. The molecule has 1 heterocycles. The molecule has 0 spiro atoms. The lowest BCUT2D eigenvalue weighted by atomic mass is 10.2. The number of hydrogen-bond acceptors (Lipinski definition) is 3. The number of nitrogens with one attached hydrogen (secondary N) is 1. The molecular weight excluding hydrogens is 413 g/mol. The molecule has 0 unspecified atom stereocenters. The molecule has 6 heteroatoms. The van der Waals surface area contributed by atoms with Crippen molar-refractivity contribution in [3.63, 3.8) is 0 Å². The normalized spacial score (nSPS) is 10.1. The Kier molecular flexibility index (Phi) is 4.18. The zero-order chi connectivity index (χ0) is 13.1. The fraction of sp³-hybridized carbons (Fsp3) is 0. The number of rotatable bonds is 2. The van der Waals surface area contributed by atoms with E-state index < -0.39 is 5.63 Å². The van der Waals surface area contributed by atoms with Gasteiger partial charge < -0.3 is 9.73 Å². The maximum absolute atomic E-state index is 11.9. The van der Waals surface area contributed by atoms with Gasteiger partial charge in [0.15, 0.2) is 0 Å². The summed E-state index contributed by atoms with van der Waals surface area (Å²) in [5.74, 6) is -0.324. The van der Waals surface area contributed by atoms with Crippen molar-refractivity contribution in [1.29, 1.82) is 0 Å². The maximum atomic E-state index is 11.9. The molecule has 0 saturated carbocycles. The summed E-state index contributed by atoms with van der Waals surface area (Å²) in [6.07, 6.45) is 1.14. The fourth-order valence-electron chi connectivity index (χ4n) is 1.27. The van der Waals surface area contributed by atoms with E-state index in [1.165, 1.54) is 12.1 Å². The molecule has 1 aromatic carbocycles. The molecule has 1 N–H and O–H groups in total. The average molecular weight is 420 g/mol. The lowest BCUT2D eigenvalue weighted by Gasteiger charge is -2.07. The van der Waals surface area contributed by atoms with Crippen LogP contribution in [0.15, 0.2) is 50.3 Å². The number of benzene rings is 1. The van der Waals surface area contributed by atoms with Crippen LogP contribution in [0.1, 0.15) is 10.4 Å². The molecule has 0 fully saturated rings. The van der Waals surface area contributed by atoms with Crippen molar-refractivity contribution in [2.75, 3.05) is 5.32 Å². The Morgan fingerprint density at radius 3 is 2.72 bits per heavy atom. The summed E-state index contributed by atoms with van der Waals surface area (Å²) in [5, 5.41) is 2.75. The standard InChI is InChI=1S/C12H7BrINO3/c13-8-2-3-9(14)10(5-8)15-12(17)7-1-4-11(16)18-6-7/h1-6H,(H,15,17). The second-order valence-electron chi connectivity index (χ2n) is 3.42. The summed E-state index contributed by atoms with van der Waals surface area (Å²) in [6, 6.07) is 8.20. The number of carbonyl (C=O) groups is 1. The van der Waals surface area contributed by atoms with E-state index in [0.29, 0.717) is 11.3 Å². The molecule has 1 amide bonds. The van der Waals surface area contributed by atoms with E-state index in [1.54, 1.807) is 6.07 Å². The quantitative estimate of drug-likeness (QED) is 0.760. The van der Waals surface area contributed by atoms with Gasteiger partial charge in [-0.1, -0.05) is 15.9 Å². The van der Waals surface area contributed by atoms with Crippen molar-refractivity contribution in [3.05, 3.63) is 60.6 Å². The smallest absolute Gasteiger partial charge is 0.335 e. The molecular formula is C12H7BrINO3. The molecule has 2 rings (SSSR count). The van der Waals surface area contributed by atoms with Crippen LogP contribution >= 0.6 is 38.5 Å². The zero-order valence-electron chi connectivity index (χ0n) is 8.94. The third-order valence-electron chi connectivity index (χ3n) is 2.14. The van der Waals surface area contributed by atoms with Crippen LogP contribution < -0.4 is 10.9 Å². The molecule has 92 valence electrons. The molecule has 0 aliphatic heterocycles. The fourth-order valence-corrected chi connectivity index (χ4v) is 2.11. The van der Waals surface area contributed by atoms with Gasteiger partial charge in [-0.25, -0.2) is 4.79 Å². The lowest BCUT2D eigenvalue weighted by molar-refractivity contribution is 0.102. The Bertz CT molecular complexity index is 634. The van der Waals surface area contributed by atoms with Gasteiger partial charge in [0, 0.05) is 14.1 Å². The number of hydrogen-bond donors (Lipinski definition) is 1. The highest BCUT2D eigenvalue weighted by Crippen LogP contribution is 2.23. The van der Waals surface area contributed by atoms with Crippen molar-refractivity contribution in [2.24, 2.45) is 0 Å². The minimum absolute atomic E-state index is 0.297. The lowest BCUT2D eigenvalue weighted by Crippen LogP contribution is -2.13. The van der Waals surface area contributed by atoms with E-state index in [-0.39, 0.29) is 5.91 Å². The second kappa shape index (κ2) is 5.66. The van der Waals surface area contributed by atoms with E-state index in [9.17, 15) is 9.59 Å². The number of anilines is 1. The summed E-state index contributed by atoms with van der Waals surface area (Å²) in [4.78, 5) is 22.7. The van der Waals surface area contributed by atoms with Gasteiger partial charge in [0.2, 0.25) is 0 Å². The Hall–Kier alpha value is -1.15. The van der Waals surface area contributed by atoms with Gasteiger partial charge in [-0.3, -0.25) is 4.79 Å². The van der Waals surface area contributed by atoms with Crippen LogP contribution in [0.4, 0.5) is 5.69 Å². The topological polar surface area (TPSA) is 59.3 Å². The van der Waals surface area contributed by atoms with E-state index in [2.05, 4.69) is 48.3 Å². The van der Waals surface area contributed by atoms with E-state index in [4.69, 9.17) is 0 Å². The zero-order valence-corrected chi connectivity index (χ0v) is 12.7. The second-order valence-corrected chi connectivity index (χ2v) is 5.50. The molecule has 0 aliphatic rings. The van der Waals surface area contributed by atoms with Gasteiger partial charge in [-0.2, -0.15) is 0 Å². The van der Waals surface area contributed by atoms with E-state index in [0.717, 1.165) is 14.3 Å². The predicted octanol–water partition coefficient (Wildman–Crippen LogP) is 3.26. The maximum Gasteiger partial charge on any atom is 0.335 e. The van der Waals surface area contributed by atoms with Crippen LogP contribution in [0, 0.1) is 3.57 Å². The molecule has 18 heavy (non-hydrogen) atoms. The summed E-state index contributed by atoms with van der Waals surface area (Å²) >= 11 is 5.46. The van der Waals surface area contributed by atoms with Crippen molar-refractivity contribution in [1.82, 2.24) is 0 Å². The van der Waals surface area contributed by atoms with Gasteiger partial charge in [0.1, 0.15) is 6.26 Å². The third-order valence-corrected chi connectivity index (χ3v) is 3.57. The van der Waals surface area contributed by atoms with E-state index in [1.807, 2.05) is 12.1 Å². The first-order valence-electron chi connectivity index (χ1n) is 4.91. The Morgan fingerprint density at radius 2 is 2.06 bits per heavy atom. The summed E-state index contributed by atoms with van der Waals surface area (Å²) < 4.78 is 6.43. The van der Waals surface area contributed by atoms with Crippen molar-refractivity contribution < 1.29 is 9.21 Å². The highest BCUT2D eigenvalue weighted by atomic mass is 127. The van der Waals surface area contributed by atoms with Crippen LogP contribution in [-0.4, -0.2) is 5.91 Å². The van der Waals surface area contributed by atoms with Gasteiger partial charge in [-0.05, 0) is 46.9 Å². The van der Waals surface area contributed by atoms with Crippen LogP contribution in [-0.2, 0) is 0 Å². The molecule has 0 bridgehead atoms. The summed E-state index contributed by atoms with van der Waals surface area (Å²) in [5.41, 5.74) is 0.509. The molecule has 0 saturated heterocycles. The first-order valence-corrected chi connectivity index (χ1v) is 6.79. The van der Waals surface area contributed by atoms with Gasteiger partial charge in [0.05, 0.1) is 11.3 Å². The molecule has 0 aliphatic carbocycles. The predicted molar refractivity (Wildman–Crippen MR) is 79.8 cm³/mol. The van der Waals surface area contributed by atoms with Crippen LogP contribution in [0.2, 0.25) is 0 Å². The number of halogens is 2. The molecule has 0 radical (unpaired) electrons. The monoisotopic (exact) mass is 419 g/mol. The van der Waals surface area contributed by atoms with Crippen molar-refractivity contribution in [3.8, 4) is 0 Å². The van der Waals surface area contributed by atoms with Crippen LogP contribution in [0.25, 0.3) is 0 Å². The summed E-state index contributed by atoms with van der Waals surface area (Å²) in [6.45, 7) is 0. The van der Waals surface area contributed by atoms with Crippen molar-refractivity contribution >= 4 is 50.1 Å². The van der Waals surface area contributed by atoms with Crippen LogP contribution in [0.3, 0.4) is 0 Å². The molecule has 4 nitrogen and oxygen atoms in total. The molecule has 2 aromatic rings. The molecule has 1 aromatic heterocycles.